The van der Waals surface area contributed by atoms with Gasteiger partial charge in [-0.25, -0.2) is 9.59 Å². The van der Waals surface area contributed by atoms with Gasteiger partial charge in [-0.05, 0) is 136 Å². The zero-order valence-electron chi connectivity index (χ0n) is 62.5. The highest BCUT2D eigenvalue weighted by Gasteiger charge is 2.48. The molecule has 0 bridgehead atoms. The Morgan fingerprint density at radius 1 is 0.609 bits per heavy atom. The summed E-state index contributed by atoms with van der Waals surface area (Å²) in [6.45, 7) is 10.1. The highest BCUT2D eigenvalue weighted by atomic mass is 33.1. The van der Waals surface area contributed by atoms with Crippen LogP contribution in [-0.2, 0) is 73.6 Å². The quantitative estimate of drug-likeness (QED) is 0.0137. The van der Waals surface area contributed by atoms with E-state index in [1.54, 1.807) is 77.1 Å². The lowest BCUT2D eigenvalue weighted by atomic mass is 9.84. The van der Waals surface area contributed by atoms with E-state index in [0.717, 1.165) is 55.0 Å². The summed E-state index contributed by atoms with van der Waals surface area (Å²) in [7, 11) is 1.99. The van der Waals surface area contributed by atoms with Crippen LogP contribution in [-0.4, -0.2) is 146 Å². The number of nitrogens with one attached hydrogen (secondary N) is 9. The Hall–Kier alpha value is -10.4. The Morgan fingerprint density at radius 3 is 1.75 bits per heavy atom. The molecule has 0 saturated carbocycles. The number of Topliss-reactive ketones (excluding diaryl/α,β-unsaturated/α-hetero) is 1. The van der Waals surface area contributed by atoms with Gasteiger partial charge in [0.15, 0.2) is 5.78 Å². The number of benzene rings is 7. The van der Waals surface area contributed by atoms with Crippen LogP contribution in [0.25, 0.3) is 5.57 Å². The molecule has 1 aliphatic carbocycles. The van der Waals surface area contributed by atoms with E-state index in [4.69, 9.17) is 10.5 Å². The summed E-state index contributed by atoms with van der Waals surface area (Å²) in [5, 5.41) is 47.3. The number of allylic oxidation sites excluding steroid dienone is 1. The van der Waals surface area contributed by atoms with Gasteiger partial charge in [0.1, 0.15) is 47.6 Å². The highest BCUT2D eigenvalue weighted by Crippen LogP contribution is 2.54. The second-order valence-corrected chi connectivity index (χ2v) is 33.3. The van der Waals surface area contributed by atoms with Crippen molar-refractivity contribution in [3.63, 3.8) is 0 Å². The monoisotopic (exact) mass is 1550 g/mol. The number of aliphatic hydroxyl groups excluding tert-OH is 1. The fourth-order valence-corrected chi connectivity index (χ4v) is 17.4. The van der Waals surface area contributed by atoms with Crippen LogP contribution in [0.15, 0.2) is 206 Å². The van der Waals surface area contributed by atoms with Crippen molar-refractivity contribution in [3.05, 3.63) is 251 Å². The normalized spacial score (nSPS) is 19.2. The van der Waals surface area contributed by atoms with Crippen LogP contribution in [0.3, 0.4) is 0 Å². The van der Waals surface area contributed by atoms with Gasteiger partial charge in [-0.3, -0.25) is 38.4 Å². The van der Waals surface area contributed by atoms with Gasteiger partial charge in [0.2, 0.25) is 41.4 Å². The number of rotatable bonds is 26. The third kappa shape index (κ3) is 24.0. The molecule has 9 atom stereocenters. The molecule has 0 aromatic heterocycles. The molecule has 7 aromatic rings. The molecule has 0 unspecified atom stereocenters. The van der Waals surface area contributed by atoms with Crippen molar-refractivity contribution in [3.8, 4) is 5.75 Å². The second-order valence-electron chi connectivity index (χ2n) is 28.9. The van der Waals surface area contributed by atoms with Crippen molar-refractivity contribution in [2.45, 2.75) is 163 Å². The molecule has 26 heteroatoms. The third-order valence-corrected chi connectivity index (χ3v) is 23.0. The molecule has 0 radical (unpaired) electrons. The number of hydrogen-bond donors (Lipinski definition) is 12. The maximum Gasteiger partial charge on any atom is 0.407 e. The van der Waals surface area contributed by atoms with E-state index >= 15 is 33.6 Å². The summed E-state index contributed by atoms with van der Waals surface area (Å²) in [6, 6.07) is 49.2. The first-order valence-corrected chi connectivity index (χ1v) is 40.0. The van der Waals surface area contributed by atoms with Crippen molar-refractivity contribution in [2.75, 3.05) is 18.1 Å². The van der Waals surface area contributed by atoms with Crippen molar-refractivity contribution >= 4 is 98.2 Å². The van der Waals surface area contributed by atoms with Crippen LogP contribution in [0.1, 0.15) is 118 Å². The van der Waals surface area contributed by atoms with Gasteiger partial charge in [-0.1, -0.05) is 216 Å². The lowest BCUT2D eigenvalue weighted by Crippen LogP contribution is -2.63. The number of aliphatic hydroxyl groups is 1. The number of carbonyl (C=O) groups excluding carboxylic acids is 10. The van der Waals surface area contributed by atoms with Gasteiger partial charge < -0.3 is 68.5 Å². The predicted octanol–water partition coefficient (Wildman–Crippen LogP) is 9.02. The molecule has 13 N–H and O–H groups in total. The van der Waals surface area contributed by atoms with E-state index < -0.39 is 135 Å². The number of carbonyl (C=O) groups is 10. The molecule has 9 rings (SSSR count). The van der Waals surface area contributed by atoms with Crippen LogP contribution in [0.4, 0.5) is 9.59 Å². The molecule has 1 heterocycles. The first-order valence-electron chi connectivity index (χ1n) is 36.7. The van der Waals surface area contributed by atoms with Crippen molar-refractivity contribution in [1.29, 1.82) is 0 Å². The summed E-state index contributed by atoms with van der Waals surface area (Å²) < 4.78 is 3.07. The minimum absolute atomic E-state index is 0.0333. The number of phenols is 1. The zero-order chi connectivity index (χ0) is 79.0. The van der Waals surface area contributed by atoms with Gasteiger partial charge in [-0.15, -0.1) is 11.8 Å². The molecule has 1 aliphatic heterocycles. The highest BCUT2D eigenvalue weighted by molar-refractivity contribution is 8.76. The lowest BCUT2D eigenvalue weighted by Gasteiger charge is -2.44. The Balaban J connectivity index is 1.11. The molecule has 7 aromatic carbocycles. The topological polar surface area (TPSA) is 355 Å². The number of hydrogen-bond acceptors (Lipinski definition) is 16. The molecule has 580 valence electrons. The van der Waals surface area contributed by atoms with Crippen molar-refractivity contribution < 1.29 is 62.9 Å². The fourth-order valence-electron chi connectivity index (χ4n) is 13.2. The van der Waals surface area contributed by atoms with E-state index in [1.165, 1.54) is 30.8 Å². The maximum absolute atomic E-state index is 15.6. The molecule has 23 nitrogen and oxygen atoms in total. The maximum atomic E-state index is 15.6. The van der Waals surface area contributed by atoms with Crippen LogP contribution in [0, 0.1) is 5.92 Å². The van der Waals surface area contributed by atoms with Gasteiger partial charge >= 0.3 is 12.1 Å². The van der Waals surface area contributed by atoms with Gasteiger partial charge in [0.05, 0.1) is 16.9 Å². The molecule has 0 spiro atoms. The smallest absolute Gasteiger partial charge is 0.407 e. The molecule has 1 saturated heterocycles. The van der Waals surface area contributed by atoms with E-state index in [1.807, 2.05) is 152 Å². The van der Waals surface area contributed by atoms with Crippen LogP contribution < -0.4 is 53.6 Å². The number of phenolic OH excluding ortho intramolecular Hbond substituents is 1. The standard InChI is InChI=1S/C84H98N10O13S3/c1-53(95)71-79(104)91-69(78(103)94-72(73(85)98)83(5,6)110-84(60-31-16-9-17-32-60,61-33-18-10-19-34-61)62-35-20-11-21-36-62)52-109-108-51-68(90-76(101)66(47-54-26-12-7-13-27-54)92-80(105)87-50-56-28-14-8-15-29-56)70(97)49-59(46-55-39-43-63(96)44-40-55)74(99)89-67(48-58-42-41-57-30-22-23-37-64(57)58)77(102)88-65(75(100)93-71)38-24-25-45-86-81(106)107-82(2,3)4/h7-23,26-37,39-40,42-44,53,59,65-69,71-72,95-96H,24-25,38,41,45-52H2,1-6H3,(H2,85,98)(H,86,106)(H,88,102)(H,89,99)(H,90,101)(H,91,104)(H,93,100)(H,94,103)(H2,87,92,105)/t53-,59-,65+,66-,67-,68+,69+,71+,72+/m1/s1. The van der Waals surface area contributed by atoms with Gasteiger partial charge in [-0.2, -0.15) is 0 Å². The Bertz CT molecular complexity index is 4230. The summed E-state index contributed by atoms with van der Waals surface area (Å²) in [6.07, 6.45) is -0.473. The molecule has 2 aliphatic rings. The first-order chi connectivity index (χ1) is 52.7. The SMILES string of the molecule is C[C@@H](O)[C@@H]1NC(=O)[C@H](CCCCNC(=O)OC(C)(C)C)NC(=O)[C@@H](CC2=CCc3ccccc32)NC(=O)[C@H](Cc2ccc(O)cc2)CC(=O)[C@@H](NC(=O)[C@@H](Cc2ccccc2)NC(=O)NCc2ccccc2)CSSC[C@@H](C(=O)N[C@@H](C(N)=O)C(C)(C)SC(c2ccccc2)(c2ccccc2)c2ccccc2)NC1=O. The van der Waals surface area contributed by atoms with Gasteiger partial charge in [0.25, 0.3) is 0 Å². The van der Waals surface area contributed by atoms with Gasteiger partial charge in [0, 0.05) is 54.5 Å². The van der Waals surface area contributed by atoms with Crippen molar-refractivity contribution in [1.82, 2.24) is 47.9 Å². The van der Waals surface area contributed by atoms with E-state index in [2.05, 4.69) is 47.9 Å². The Labute approximate surface area is 654 Å². The number of urea groups is 1. The van der Waals surface area contributed by atoms with Crippen molar-refractivity contribution in [2.24, 2.45) is 11.7 Å². The summed E-state index contributed by atoms with van der Waals surface area (Å²) >= 11 is 1.37. The number of aromatic hydroxyl groups is 1. The van der Waals surface area contributed by atoms with E-state index in [0.29, 0.717) is 23.1 Å². The largest absolute Gasteiger partial charge is 0.508 e. The van der Waals surface area contributed by atoms with Crippen LogP contribution >= 0.6 is 33.3 Å². The number of amides is 10. The zero-order valence-corrected chi connectivity index (χ0v) is 64.9. The number of ketones is 1. The second kappa shape index (κ2) is 39.8. The Kier molecular flexibility index (Phi) is 30.3. The van der Waals surface area contributed by atoms with E-state index in [-0.39, 0.29) is 68.9 Å². The number of primary amides is 1. The summed E-state index contributed by atoms with van der Waals surface area (Å²) in [4.78, 5) is 148. The number of thioether (sulfide) groups is 1. The lowest BCUT2D eigenvalue weighted by molar-refractivity contribution is -0.137. The number of alkyl carbamates (subject to hydrolysis) is 1. The molecular formula is C84H98N10O13S3. The summed E-state index contributed by atoms with van der Waals surface area (Å²) in [5.74, 6) is -8.90. The minimum atomic E-state index is -1.83. The third-order valence-electron chi connectivity index (χ3n) is 18.8. The molecule has 110 heavy (non-hydrogen) atoms. The number of unbranched alkanes of at least 4 members (excludes halogenated alkanes) is 1. The van der Waals surface area contributed by atoms with Crippen LogP contribution in [0.5, 0.6) is 5.75 Å². The average Bonchev–Trinajstić information content (AvgIpc) is 0.842. The first kappa shape index (κ1) is 83.6. The summed E-state index contributed by atoms with van der Waals surface area (Å²) in [5.41, 5.74) is 12.5. The number of nitrogens with two attached hydrogens (primary N) is 1. The molecule has 10 amide bonds. The fraction of sp³-hybridized carbons (Fsp3) is 0.357. The Morgan fingerprint density at radius 2 is 1.16 bits per heavy atom. The minimum Gasteiger partial charge on any atom is -0.508 e. The van der Waals surface area contributed by atoms with Crippen LogP contribution in [0.2, 0.25) is 0 Å². The average molecular weight is 1550 g/mol. The molecule has 1 fully saturated rings. The predicted molar refractivity (Wildman–Crippen MR) is 430 cm³/mol. The molecular weight excluding hydrogens is 1450 g/mol. The number of ether oxygens (including phenoxy) is 1. The number of fused-ring (bicyclic) bond motifs is 1. The van der Waals surface area contributed by atoms with E-state index in [9.17, 15) is 24.6 Å².